The van der Waals surface area contributed by atoms with Gasteiger partial charge >= 0.3 is 0 Å². The monoisotopic (exact) mass is 393 g/mol. The Balaban J connectivity index is 1.59. The van der Waals surface area contributed by atoms with Gasteiger partial charge in [-0.2, -0.15) is 5.10 Å². The third kappa shape index (κ3) is 2.71. The summed E-state index contributed by atoms with van der Waals surface area (Å²) < 4.78 is 17.5. The van der Waals surface area contributed by atoms with Crippen molar-refractivity contribution in [2.24, 2.45) is 0 Å². The Kier molecular flexibility index (Phi) is 3.84. The van der Waals surface area contributed by atoms with Gasteiger partial charge in [0.2, 0.25) is 0 Å². The minimum absolute atomic E-state index is 0.112. The van der Waals surface area contributed by atoms with Crippen molar-refractivity contribution in [3.63, 3.8) is 0 Å². The predicted octanol–water partition coefficient (Wildman–Crippen LogP) is 3.71. The molecule has 0 amide bonds. The van der Waals surface area contributed by atoms with E-state index in [0.717, 1.165) is 5.57 Å². The Morgan fingerprint density at radius 1 is 1.18 bits per heavy atom. The molecule has 138 valence electrons. The average molecular weight is 394 g/mol. The number of hydrogen-bond acceptors (Lipinski definition) is 4. The number of aromatic nitrogens is 5. The van der Waals surface area contributed by atoms with Crippen LogP contribution in [0, 0.1) is 5.82 Å². The quantitative estimate of drug-likeness (QED) is 0.520. The molecule has 1 aliphatic rings. The van der Waals surface area contributed by atoms with Gasteiger partial charge in [0, 0.05) is 11.6 Å². The first-order chi connectivity index (χ1) is 13.6. The molecule has 8 heteroatoms. The van der Waals surface area contributed by atoms with Crippen molar-refractivity contribution in [2.75, 3.05) is 0 Å². The lowest BCUT2D eigenvalue weighted by Crippen LogP contribution is -2.20. The summed E-state index contributed by atoms with van der Waals surface area (Å²) in [4.78, 5) is 21.2. The van der Waals surface area contributed by atoms with Crippen molar-refractivity contribution < 1.29 is 4.39 Å². The largest absolute Gasteiger partial charge is 0.292 e. The molecule has 28 heavy (non-hydrogen) atoms. The van der Waals surface area contributed by atoms with Gasteiger partial charge in [-0.1, -0.05) is 17.7 Å². The molecule has 0 radical (unpaired) electrons. The van der Waals surface area contributed by atoms with Crippen molar-refractivity contribution in [2.45, 2.75) is 13.0 Å². The maximum absolute atomic E-state index is 14.5. The van der Waals surface area contributed by atoms with Gasteiger partial charge < -0.3 is 0 Å². The van der Waals surface area contributed by atoms with Crippen LogP contribution < -0.4 is 5.56 Å². The average Bonchev–Trinajstić information content (AvgIpc) is 3.34. The van der Waals surface area contributed by atoms with Crippen LogP contribution in [-0.2, 0) is 6.54 Å². The second kappa shape index (κ2) is 6.38. The molecule has 0 fully saturated rings. The van der Waals surface area contributed by atoms with Gasteiger partial charge in [-0.05, 0) is 54.0 Å². The van der Waals surface area contributed by atoms with E-state index < -0.39 is 5.82 Å². The molecule has 3 heterocycles. The smallest absolute Gasteiger partial charge is 0.261 e. The van der Waals surface area contributed by atoms with Crippen LogP contribution in [0.3, 0.4) is 0 Å². The molecule has 5 rings (SSSR count). The maximum Gasteiger partial charge on any atom is 0.261 e. The van der Waals surface area contributed by atoms with E-state index >= 15 is 0 Å². The second-order valence-electron chi connectivity index (χ2n) is 6.52. The Morgan fingerprint density at radius 2 is 2.07 bits per heavy atom. The molecule has 0 aliphatic carbocycles. The summed E-state index contributed by atoms with van der Waals surface area (Å²) in [5.74, 6) is 0.205. The number of nitrogens with zero attached hydrogens (tertiary/aromatic N) is 5. The fourth-order valence-corrected chi connectivity index (χ4v) is 3.63. The SMILES string of the molecule is O=c1c2cc(Cl)ccc2nc2n1CCC2=Cc1ccc(-n2cncn2)c(F)c1. The molecule has 2 aromatic heterocycles. The third-order valence-electron chi connectivity index (χ3n) is 4.79. The molecule has 6 nitrogen and oxygen atoms in total. The van der Waals surface area contributed by atoms with Crippen LogP contribution in [0.5, 0.6) is 0 Å². The normalized spacial score (nSPS) is 14.7. The highest BCUT2D eigenvalue weighted by Gasteiger charge is 2.21. The van der Waals surface area contributed by atoms with Crippen molar-refractivity contribution in [3.05, 3.63) is 81.6 Å². The van der Waals surface area contributed by atoms with E-state index in [1.807, 2.05) is 6.08 Å². The van der Waals surface area contributed by atoms with Crippen molar-refractivity contribution in [1.82, 2.24) is 24.3 Å². The minimum atomic E-state index is -0.406. The first-order valence-electron chi connectivity index (χ1n) is 8.66. The summed E-state index contributed by atoms with van der Waals surface area (Å²) in [7, 11) is 0. The number of fused-ring (bicyclic) bond motifs is 2. The summed E-state index contributed by atoms with van der Waals surface area (Å²) in [6.07, 6.45) is 5.31. The molecule has 0 N–H and O–H groups in total. The zero-order valence-corrected chi connectivity index (χ0v) is 15.3. The molecule has 0 bridgehead atoms. The van der Waals surface area contributed by atoms with Gasteiger partial charge in [0.1, 0.15) is 30.0 Å². The minimum Gasteiger partial charge on any atom is -0.292 e. The van der Waals surface area contributed by atoms with E-state index in [9.17, 15) is 9.18 Å². The van der Waals surface area contributed by atoms with E-state index in [1.54, 1.807) is 34.9 Å². The second-order valence-corrected chi connectivity index (χ2v) is 6.96. The van der Waals surface area contributed by atoms with E-state index in [4.69, 9.17) is 11.6 Å². The lowest BCUT2D eigenvalue weighted by molar-refractivity contribution is 0.610. The number of benzene rings is 2. The van der Waals surface area contributed by atoms with Crippen LogP contribution in [0.2, 0.25) is 5.02 Å². The van der Waals surface area contributed by atoms with Crippen LogP contribution in [-0.4, -0.2) is 24.3 Å². The standard InChI is InChI=1S/C20H13ClFN5O/c21-14-2-3-17-15(9-14)20(28)26-6-5-13(19(26)25-17)7-12-1-4-18(16(22)8-12)27-11-23-10-24-27/h1-4,7-11H,5-6H2. The van der Waals surface area contributed by atoms with E-state index in [2.05, 4.69) is 15.1 Å². The summed E-state index contributed by atoms with van der Waals surface area (Å²) in [5.41, 5.74) is 2.39. The molecule has 2 aromatic carbocycles. The Hall–Kier alpha value is -3.32. The molecule has 1 aliphatic heterocycles. The van der Waals surface area contributed by atoms with E-state index in [1.165, 1.54) is 23.4 Å². The molecule has 0 saturated carbocycles. The number of rotatable bonds is 2. The maximum atomic E-state index is 14.5. The Morgan fingerprint density at radius 3 is 2.86 bits per heavy atom. The lowest BCUT2D eigenvalue weighted by atomic mass is 10.1. The third-order valence-corrected chi connectivity index (χ3v) is 5.02. The summed E-state index contributed by atoms with van der Waals surface area (Å²) >= 11 is 6.01. The van der Waals surface area contributed by atoms with Crippen LogP contribution in [0.15, 0.2) is 53.8 Å². The zero-order valence-electron chi connectivity index (χ0n) is 14.5. The first-order valence-corrected chi connectivity index (χ1v) is 9.03. The van der Waals surface area contributed by atoms with Gasteiger partial charge in [0.25, 0.3) is 5.56 Å². The fourth-order valence-electron chi connectivity index (χ4n) is 3.46. The highest BCUT2D eigenvalue weighted by Crippen LogP contribution is 2.28. The van der Waals surface area contributed by atoms with Gasteiger partial charge in [0.05, 0.1) is 10.9 Å². The van der Waals surface area contributed by atoms with E-state index in [0.29, 0.717) is 46.0 Å². The lowest BCUT2D eigenvalue weighted by Gasteiger charge is -2.06. The summed E-state index contributed by atoms with van der Waals surface area (Å²) in [6.45, 7) is 0.537. The van der Waals surface area contributed by atoms with Crippen molar-refractivity contribution in [1.29, 1.82) is 0 Å². The number of allylic oxidation sites excluding steroid dienone is 1. The zero-order chi connectivity index (χ0) is 19.3. The molecule has 0 unspecified atom stereocenters. The van der Waals surface area contributed by atoms with Crippen LogP contribution in [0.25, 0.3) is 28.2 Å². The highest BCUT2D eigenvalue weighted by atomic mass is 35.5. The Bertz CT molecular complexity index is 1310. The molecular formula is C20H13ClFN5O. The van der Waals surface area contributed by atoms with Crippen molar-refractivity contribution >= 4 is 34.2 Å². The van der Waals surface area contributed by atoms with Crippen LogP contribution >= 0.6 is 11.6 Å². The molecular weight excluding hydrogens is 381 g/mol. The molecule has 0 spiro atoms. The van der Waals surface area contributed by atoms with E-state index in [-0.39, 0.29) is 5.56 Å². The van der Waals surface area contributed by atoms with Gasteiger partial charge in [-0.15, -0.1) is 0 Å². The number of hydrogen-bond donors (Lipinski definition) is 0. The topological polar surface area (TPSA) is 65.6 Å². The summed E-state index contributed by atoms with van der Waals surface area (Å²) in [5, 5.41) is 4.95. The predicted molar refractivity (Wildman–Crippen MR) is 105 cm³/mol. The molecule has 0 saturated heterocycles. The molecule has 4 aromatic rings. The highest BCUT2D eigenvalue weighted by molar-refractivity contribution is 6.31. The van der Waals surface area contributed by atoms with Crippen LogP contribution in [0.1, 0.15) is 17.8 Å². The van der Waals surface area contributed by atoms with Crippen LogP contribution in [0.4, 0.5) is 4.39 Å². The molecule has 0 atom stereocenters. The van der Waals surface area contributed by atoms with Gasteiger partial charge in [0.15, 0.2) is 0 Å². The fraction of sp³-hybridized carbons (Fsp3) is 0.100. The van der Waals surface area contributed by atoms with Crippen molar-refractivity contribution in [3.8, 4) is 5.69 Å². The number of halogens is 2. The Labute approximate surface area is 163 Å². The summed E-state index contributed by atoms with van der Waals surface area (Å²) in [6, 6.07) is 9.97. The van der Waals surface area contributed by atoms with Gasteiger partial charge in [-0.25, -0.2) is 19.0 Å². The van der Waals surface area contributed by atoms with Gasteiger partial charge in [-0.3, -0.25) is 9.36 Å². The first kappa shape index (κ1) is 16.8.